The van der Waals surface area contributed by atoms with Gasteiger partial charge in [0, 0.05) is 30.9 Å². The molecule has 0 unspecified atom stereocenters. The Kier molecular flexibility index (Phi) is 8.57. The third-order valence-electron chi connectivity index (χ3n) is 4.31. The molecule has 0 bridgehead atoms. The fourth-order valence-corrected chi connectivity index (χ4v) is 2.29. The van der Waals surface area contributed by atoms with E-state index in [-0.39, 0.29) is 17.1 Å². The molecule has 152 valence electrons. The molecule has 28 heavy (non-hydrogen) atoms. The van der Waals surface area contributed by atoms with Crippen molar-refractivity contribution in [1.82, 2.24) is 10.7 Å². The van der Waals surface area contributed by atoms with Gasteiger partial charge in [0.05, 0.1) is 5.57 Å². The molecule has 1 rings (SSSR count). The second-order valence-electron chi connectivity index (χ2n) is 6.82. The Hall–Kier alpha value is -2.96. The molecule has 0 aliphatic rings. The maximum atomic E-state index is 14.7. The fraction of sp³-hybridized carbons (Fsp3) is 0.333. The summed E-state index contributed by atoms with van der Waals surface area (Å²) in [5.41, 5.74) is 2.78. The topological polar surface area (TPSA) is 73.7 Å². The lowest BCUT2D eigenvalue weighted by Crippen LogP contribution is -2.21. The summed E-state index contributed by atoms with van der Waals surface area (Å²) in [6, 6.07) is 6.12. The van der Waals surface area contributed by atoms with Gasteiger partial charge >= 0.3 is 5.97 Å². The zero-order valence-corrected chi connectivity index (χ0v) is 16.6. The predicted molar refractivity (Wildman–Crippen MR) is 108 cm³/mol. The number of halogens is 2. The van der Waals surface area contributed by atoms with Crippen LogP contribution in [0, 0.1) is 11.2 Å². The maximum absolute atomic E-state index is 14.7. The molecule has 0 spiro atoms. The van der Waals surface area contributed by atoms with Crippen molar-refractivity contribution < 1.29 is 18.7 Å². The number of hydrogen-bond donors (Lipinski definition) is 3. The number of nitrogens with one attached hydrogen (secondary N) is 2. The van der Waals surface area contributed by atoms with E-state index in [9.17, 15) is 18.7 Å². The average Bonchev–Trinajstić information content (AvgIpc) is 2.63. The zero-order valence-electron chi connectivity index (χ0n) is 16.6. The van der Waals surface area contributed by atoms with Gasteiger partial charge in [0.25, 0.3) is 0 Å². The fourth-order valence-electron chi connectivity index (χ4n) is 2.29. The Morgan fingerprint density at radius 1 is 1.39 bits per heavy atom. The molecule has 0 aliphatic heterocycles. The molecule has 1 aromatic carbocycles. The van der Waals surface area contributed by atoms with Gasteiger partial charge in [-0.25, -0.2) is 13.6 Å². The number of nitrogens with zero attached hydrogens (tertiary/aromatic N) is 1. The summed E-state index contributed by atoms with van der Waals surface area (Å²) in [7, 11) is 1.63. The summed E-state index contributed by atoms with van der Waals surface area (Å²) in [6.07, 6.45) is 2.96. The first-order chi connectivity index (χ1) is 13.1. The molecule has 3 N–H and O–H groups in total. The van der Waals surface area contributed by atoms with Gasteiger partial charge < -0.3 is 15.8 Å². The highest BCUT2D eigenvalue weighted by Gasteiger charge is 2.22. The lowest BCUT2D eigenvalue weighted by atomic mass is 9.85. The van der Waals surface area contributed by atoms with Crippen LogP contribution in [-0.4, -0.2) is 30.9 Å². The first-order valence-corrected chi connectivity index (χ1v) is 8.79. The second-order valence-corrected chi connectivity index (χ2v) is 6.82. The minimum atomic E-state index is -1.30. The van der Waals surface area contributed by atoms with Crippen LogP contribution in [0.1, 0.15) is 26.3 Å². The molecule has 0 radical (unpaired) electrons. The summed E-state index contributed by atoms with van der Waals surface area (Å²) in [5, 5.41) is 16.2. The van der Waals surface area contributed by atoms with Gasteiger partial charge in [0.15, 0.2) is 0 Å². The van der Waals surface area contributed by atoms with Gasteiger partial charge in [-0.3, -0.25) is 0 Å². The van der Waals surface area contributed by atoms with Crippen LogP contribution in [0.3, 0.4) is 0 Å². The smallest absolute Gasteiger partial charge is 0.337 e. The third-order valence-corrected chi connectivity index (χ3v) is 4.31. The number of carboxylic acids is 1. The quantitative estimate of drug-likeness (QED) is 0.244. The Balaban J connectivity index is 2.92. The number of benzene rings is 1. The molecule has 0 amide bonds. The Morgan fingerprint density at radius 2 is 2.07 bits per heavy atom. The first kappa shape index (κ1) is 23.1. The number of hydrazone groups is 1. The zero-order chi connectivity index (χ0) is 21.3. The van der Waals surface area contributed by atoms with Crippen molar-refractivity contribution in [3.05, 3.63) is 71.0 Å². The van der Waals surface area contributed by atoms with E-state index in [0.717, 1.165) is 11.6 Å². The van der Waals surface area contributed by atoms with Gasteiger partial charge in [0.2, 0.25) is 0 Å². The summed E-state index contributed by atoms with van der Waals surface area (Å²) in [6.45, 7) is 9.13. The normalized spacial score (nSPS) is 13.3. The van der Waals surface area contributed by atoms with Gasteiger partial charge in [-0.2, -0.15) is 5.10 Å². The van der Waals surface area contributed by atoms with Crippen molar-refractivity contribution in [2.45, 2.75) is 27.2 Å². The van der Waals surface area contributed by atoms with Crippen molar-refractivity contribution in [2.75, 3.05) is 13.6 Å². The van der Waals surface area contributed by atoms with Crippen LogP contribution in [0.5, 0.6) is 0 Å². The highest BCUT2D eigenvalue weighted by molar-refractivity contribution is 5.92. The van der Waals surface area contributed by atoms with E-state index in [2.05, 4.69) is 22.4 Å². The monoisotopic (exact) mass is 391 g/mol. The van der Waals surface area contributed by atoms with E-state index in [1.165, 1.54) is 12.1 Å². The average molecular weight is 391 g/mol. The van der Waals surface area contributed by atoms with Crippen molar-refractivity contribution in [3.63, 3.8) is 0 Å². The molecule has 0 atom stereocenters. The van der Waals surface area contributed by atoms with E-state index < -0.39 is 17.2 Å². The molecule has 7 heteroatoms. The van der Waals surface area contributed by atoms with Crippen molar-refractivity contribution in [2.24, 2.45) is 10.5 Å². The maximum Gasteiger partial charge on any atom is 0.337 e. The van der Waals surface area contributed by atoms with E-state index in [1.54, 1.807) is 46.2 Å². The predicted octanol–water partition coefficient (Wildman–Crippen LogP) is 3.96. The number of allylic oxidation sites excluding steroid dienone is 3. The number of hydrogen-bond acceptors (Lipinski definition) is 4. The van der Waals surface area contributed by atoms with Gasteiger partial charge in [0.1, 0.15) is 11.6 Å². The summed E-state index contributed by atoms with van der Waals surface area (Å²) in [5.74, 6) is -2.31. The number of rotatable bonds is 10. The van der Waals surface area contributed by atoms with Gasteiger partial charge in [-0.1, -0.05) is 32.6 Å². The minimum Gasteiger partial charge on any atom is -0.478 e. The minimum absolute atomic E-state index is 0.0774. The lowest BCUT2D eigenvalue weighted by molar-refractivity contribution is -0.132. The summed E-state index contributed by atoms with van der Waals surface area (Å²) < 4.78 is 27.9. The third kappa shape index (κ3) is 6.98. The molecule has 0 heterocycles. The van der Waals surface area contributed by atoms with E-state index in [4.69, 9.17) is 0 Å². The molecule has 0 aromatic heterocycles. The van der Waals surface area contributed by atoms with Gasteiger partial charge in [-0.05, 0) is 42.7 Å². The Bertz CT molecular complexity index is 812. The van der Waals surface area contributed by atoms with Crippen LogP contribution < -0.4 is 10.7 Å². The largest absolute Gasteiger partial charge is 0.478 e. The highest BCUT2D eigenvalue weighted by Crippen LogP contribution is 2.28. The van der Waals surface area contributed by atoms with E-state index in [0.29, 0.717) is 18.5 Å². The van der Waals surface area contributed by atoms with Crippen LogP contribution in [-0.2, 0) is 11.2 Å². The SMILES string of the molecule is C=C(NCCc1cccc(F)c1)/C(=C\C(F)=C(/C)C(C)(C)/C=N\NC)C(=O)O. The van der Waals surface area contributed by atoms with Crippen LogP contribution in [0.15, 0.2) is 64.7 Å². The van der Waals surface area contributed by atoms with Crippen LogP contribution >= 0.6 is 0 Å². The molecule has 0 aliphatic carbocycles. The Morgan fingerprint density at radius 3 is 2.64 bits per heavy atom. The molecule has 1 aromatic rings. The molecular weight excluding hydrogens is 364 g/mol. The highest BCUT2D eigenvalue weighted by atomic mass is 19.1. The van der Waals surface area contributed by atoms with Crippen molar-refractivity contribution in [3.8, 4) is 0 Å². The van der Waals surface area contributed by atoms with Crippen LogP contribution in [0.2, 0.25) is 0 Å². The summed E-state index contributed by atoms with van der Waals surface area (Å²) in [4.78, 5) is 11.6. The van der Waals surface area contributed by atoms with Crippen molar-refractivity contribution in [1.29, 1.82) is 0 Å². The number of aliphatic carboxylic acids is 1. The van der Waals surface area contributed by atoms with Crippen molar-refractivity contribution >= 4 is 12.2 Å². The second kappa shape index (κ2) is 10.4. The molecular formula is C21H27F2N3O2. The standard InChI is InChI=1S/C21H27F2N3O2/c1-14(21(3,4)13-26-24-5)19(23)12-18(20(27)28)15(2)25-10-9-16-7-6-8-17(22)11-16/h6-8,11-13,24-25H,2,9-10H2,1,3-5H3,(H,27,28)/b18-12+,19-14-,26-13-. The number of carbonyl (C=O) groups is 1. The molecule has 0 saturated carbocycles. The van der Waals surface area contributed by atoms with Crippen LogP contribution in [0.25, 0.3) is 0 Å². The van der Waals surface area contributed by atoms with E-state index in [1.807, 2.05) is 0 Å². The Labute approximate surface area is 164 Å². The molecule has 0 fully saturated rings. The molecule has 5 nitrogen and oxygen atoms in total. The summed E-state index contributed by atoms with van der Waals surface area (Å²) >= 11 is 0. The van der Waals surface area contributed by atoms with Crippen LogP contribution in [0.4, 0.5) is 8.78 Å². The van der Waals surface area contributed by atoms with Gasteiger partial charge in [-0.15, -0.1) is 0 Å². The molecule has 0 saturated heterocycles. The first-order valence-electron chi connectivity index (χ1n) is 8.79. The van der Waals surface area contributed by atoms with E-state index >= 15 is 0 Å². The lowest BCUT2D eigenvalue weighted by Gasteiger charge is -2.20. The number of carboxylic acid groups (broad SMARTS) is 1.